The average molecular weight is 444 g/mol. The van der Waals surface area contributed by atoms with E-state index in [2.05, 4.69) is 4.74 Å². The van der Waals surface area contributed by atoms with E-state index in [-0.39, 0.29) is 5.56 Å². The summed E-state index contributed by atoms with van der Waals surface area (Å²) in [5, 5.41) is 9.97. The number of phenols is 1. The van der Waals surface area contributed by atoms with Crippen LogP contribution in [0.1, 0.15) is 23.6 Å². The van der Waals surface area contributed by atoms with Crippen molar-refractivity contribution in [3.05, 3.63) is 82.9 Å². The van der Waals surface area contributed by atoms with Crippen LogP contribution in [0, 0.1) is 11.6 Å². The van der Waals surface area contributed by atoms with Gasteiger partial charge in [-0.3, -0.25) is 0 Å². The lowest BCUT2D eigenvalue weighted by Gasteiger charge is -2.21. The molecular formula is C22H15F7O2. The molecule has 3 aromatic carbocycles. The van der Waals surface area contributed by atoms with Crippen LogP contribution in [0.2, 0.25) is 0 Å². The smallest absolute Gasteiger partial charge is 0.432 e. The summed E-state index contributed by atoms with van der Waals surface area (Å²) in [6.07, 6.45) is -8.62. The molecule has 0 amide bonds. The van der Waals surface area contributed by atoms with Crippen LogP contribution in [0.15, 0.2) is 54.6 Å². The first-order valence-electron chi connectivity index (χ1n) is 8.99. The van der Waals surface area contributed by atoms with E-state index in [0.29, 0.717) is 36.8 Å². The number of rotatable bonds is 5. The molecule has 0 unspecified atom stereocenters. The van der Waals surface area contributed by atoms with Crippen molar-refractivity contribution in [2.75, 3.05) is 0 Å². The average Bonchev–Trinajstić information content (AvgIpc) is 2.67. The molecule has 0 aliphatic rings. The van der Waals surface area contributed by atoms with Gasteiger partial charge in [0.2, 0.25) is 0 Å². The van der Waals surface area contributed by atoms with Crippen LogP contribution in [-0.2, 0) is 18.7 Å². The van der Waals surface area contributed by atoms with Crippen LogP contribution in [0.25, 0.3) is 11.1 Å². The van der Waals surface area contributed by atoms with Crippen molar-refractivity contribution < 1.29 is 40.6 Å². The number of benzene rings is 3. The first-order valence-corrected chi connectivity index (χ1v) is 8.99. The van der Waals surface area contributed by atoms with Crippen LogP contribution >= 0.6 is 0 Å². The Bertz CT molecular complexity index is 1070. The number of aromatic hydroxyl groups is 1. The van der Waals surface area contributed by atoms with Gasteiger partial charge in [-0.15, -0.1) is 0 Å². The van der Waals surface area contributed by atoms with Crippen molar-refractivity contribution in [2.45, 2.75) is 25.6 Å². The number of hydrogen-bond acceptors (Lipinski definition) is 2. The van der Waals surface area contributed by atoms with E-state index in [4.69, 9.17) is 0 Å². The Morgan fingerprint density at radius 2 is 1.45 bits per heavy atom. The molecule has 1 N–H and O–H groups in total. The molecule has 164 valence electrons. The van der Waals surface area contributed by atoms with Crippen LogP contribution in [0.5, 0.6) is 11.5 Å². The lowest BCUT2D eigenvalue weighted by Crippen LogP contribution is -2.25. The highest BCUT2D eigenvalue weighted by molar-refractivity contribution is 5.72. The normalized spacial score (nSPS) is 12.1. The third-order valence-electron chi connectivity index (χ3n) is 4.57. The zero-order valence-electron chi connectivity index (χ0n) is 15.9. The predicted molar refractivity (Wildman–Crippen MR) is 98.8 cm³/mol. The lowest BCUT2D eigenvalue weighted by molar-refractivity contribution is -0.189. The highest BCUT2D eigenvalue weighted by Crippen LogP contribution is 2.42. The van der Waals surface area contributed by atoms with Gasteiger partial charge in [0.1, 0.15) is 22.9 Å². The number of alkyl halides is 5. The predicted octanol–water partition coefficient (Wildman–Crippen LogP) is 7.05. The Morgan fingerprint density at radius 1 is 0.871 bits per heavy atom. The van der Waals surface area contributed by atoms with E-state index in [9.17, 15) is 35.8 Å². The van der Waals surface area contributed by atoms with E-state index in [0.717, 1.165) is 5.56 Å². The molecule has 0 aromatic heterocycles. The second-order valence-corrected chi connectivity index (χ2v) is 6.63. The molecule has 0 aliphatic carbocycles. The van der Waals surface area contributed by atoms with E-state index in [1.807, 2.05) is 6.92 Å². The first kappa shape index (κ1) is 22.5. The molecule has 2 nitrogen and oxygen atoms in total. The van der Waals surface area contributed by atoms with Gasteiger partial charge in [-0.25, -0.2) is 8.78 Å². The molecule has 0 bridgehead atoms. The third-order valence-corrected chi connectivity index (χ3v) is 4.57. The largest absolute Gasteiger partial charge is 0.507 e. The number of ether oxygens (including phenoxy) is 1. The van der Waals surface area contributed by atoms with Crippen molar-refractivity contribution in [3.8, 4) is 22.6 Å². The van der Waals surface area contributed by atoms with Crippen molar-refractivity contribution >= 4 is 0 Å². The third kappa shape index (κ3) is 4.60. The van der Waals surface area contributed by atoms with Gasteiger partial charge in [0.05, 0.1) is 11.1 Å². The Morgan fingerprint density at radius 3 is 1.97 bits per heavy atom. The summed E-state index contributed by atoms with van der Waals surface area (Å²) in [4.78, 5) is 0. The number of halogens is 7. The van der Waals surface area contributed by atoms with Gasteiger partial charge in [0.15, 0.2) is 5.82 Å². The molecule has 0 fully saturated rings. The fraction of sp³-hybridized carbons (Fsp3) is 0.182. The highest BCUT2D eigenvalue weighted by atomic mass is 19.4. The summed E-state index contributed by atoms with van der Waals surface area (Å²) in [6, 6.07) is 8.48. The van der Waals surface area contributed by atoms with E-state index < -0.39 is 52.1 Å². The molecule has 0 heterocycles. The number of hydrogen-bond donors (Lipinski definition) is 1. The lowest BCUT2D eigenvalue weighted by atomic mass is 9.98. The quantitative estimate of drug-likeness (QED) is 0.428. The van der Waals surface area contributed by atoms with Gasteiger partial charge in [-0.05, 0) is 41.8 Å². The SMILES string of the molecule is CCc1ccc(-c2c(O)cc(F)c(C(F)(F)Oc3ccc(C(F)(F)F)cc3)c2F)cc1. The Hall–Kier alpha value is -3.23. The molecule has 0 radical (unpaired) electrons. The van der Waals surface area contributed by atoms with Gasteiger partial charge in [-0.2, -0.15) is 22.0 Å². The first-order chi connectivity index (χ1) is 14.4. The van der Waals surface area contributed by atoms with E-state index >= 15 is 0 Å². The van der Waals surface area contributed by atoms with Crippen molar-refractivity contribution in [3.63, 3.8) is 0 Å². The molecule has 0 spiro atoms. The highest BCUT2D eigenvalue weighted by Gasteiger charge is 2.43. The van der Waals surface area contributed by atoms with E-state index in [1.165, 1.54) is 12.1 Å². The zero-order chi connectivity index (χ0) is 23.0. The molecule has 0 saturated carbocycles. The van der Waals surface area contributed by atoms with Gasteiger partial charge >= 0.3 is 12.3 Å². The van der Waals surface area contributed by atoms with Crippen LogP contribution in [-0.4, -0.2) is 5.11 Å². The monoisotopic (exact) mass is 444 g/mol. The van der Waals surface area contributed by atoms with Gasteiger partial charge in [0, 0.05) is 6.07 Å². The topological polar surface area (TPSA) is 29.5 Å². The summed E-state index contributed by atoms with van der Waals surface area (Å²) in [5.74, 6) is -5.16. The van der Waals surface area contributed by atoms with Crippen LogP contribution in [0.3, 0.4) is 0 Å². The molecule has 3 aromatic rings. The summed E-state index contributed by atoms with van der Waals surface area (Å²) in [6.45, 7) is 1.86. The molecule has 0 atom stereocenters. The van der Waals surface area contributed by atoms with Gasteiger partial charge in [0.25, 0.3) is 0 Å². The minimum Gasteiger partial charge on any atom is -0.507 e. The standard InChI is InChI=1S/C22H15F7O2/c1-2-12-3-5-13(6-4-12)18-17(30)11-16(23)19(20(18)24)22(28,29)31-15-9-7-14(8-10-15)21(25,26)27/h3-11,30H,2H2,1H3. The maximum absolute atomic E-state index is 15.0. The number of phenolic OH excluding ortho intramolecular Hbond substituents is 1. The van der Waals surface area contributed by atoms with Crippen LogP contribution < -0.4 is 4.74 Å². The maximum Gasteiger partial charge on any atom is 0.432 e. The maximum atomic E-state index is 15.0. The summed E-state index contributed by atoms with van der Waals surface area (Å²) in [7, 11) is 0. The number of aryl methyl sites for hydroxylation is 1. The van der Waals surface area contributed by atoms with Crippen molar-refractivity contribution in [1.29, 1.82) is 0 Å². The Labute approximate surface area is 172 Å². The Kier molecular flexibility index (Phi) is 5.89. The Balaban J connectivity index is 2.02. The van der Waals surface area contributed by atoms with Crippen molar-refractivity contribution in [1.82, 2.24) is 0 Å². The summed E-state index contributed by atoms with van der Waals surface area (Å²) < 4.78 is 101. The fourth-order valence-corrected chi connectivity index (χ4v) is 2.97. The molecule has 0 aliphatic heterocycles. The molecule has 9 heteroatoms. The minimum absolute atomic E-state index is 0.0266. The molecular weight excluding hydrogens is 429 g/mol. The second kappa shape index (κ2) is 8.13. The fourth-order valence-electron chi connectivity index (χ4n) is 2.97. The minimum atomic E-state index is -4.70. The summed E-state index contributed by atoms with van der Waals surface area (Å²) >= 11 is 0. The summed E-state index contributed by atoms with van der Waals surface area (Å²) in [5.41, 5.74) is -2.65. The van der Waals surface area contributed by atoms with E-state index in [1.54, 1.807) is 12.1 Å². The molecule has 3 rings (SSSR count). The van der Waals surface area contributed by atoms with Crippen molar-refractivity contribution in [2.24, 2.45) is 0 Å². The second-order valence-electron chi connectivity index (χ2n) is 6.63. The molecule has 0 saturated heterocycles. The zero-order valence-corrected chi connectivity index (χ0v) is 15.9. The molecule has 31 heavy (non-hydrogen) atoms. The van der Waals surface area contributed by atoms with Gasteiger partial charge < -0.3 is 9.84 Å². The van der Waals surface area contributed by atoms with Gasteiger partial charge in [-0.1, -0.05) is 31.2 Å². The van der Waals surface area contributed by atoms with Crippen LogP contribution in [0.4, 0.5) is 30.7 Å².